The molecule has 156 valence electrons. The quantitative estimate of drug-likeness (QED) is 0.670. The van der Waals surface area contributed by atoms with Crippen molar-refractivity contribution in [1.29, 1.82) is 0 Å². The molecule has 1 amide bonds. The molecule has 5 heteroatoms. The second-order valence-corrected chi connectivity index (χ2v) is 8.78. The van der Waals surface area contributed by atoms with Gasteiger partial charge in [0, 0.05) is 31.1 Å². The molecule has 1 saturated carbocycles. The molecule has 0 radical (unpaired) electrons. The third-order valence-electron chi connectivity index (χ3n) is 6.65. The Morgan fingerprint density at radius 2 is 1.73 bits per heavy atom. The number of piperidine rings is 1. The van der Waals surface area contributed by atoms with Crippen LogP contribution in [0.15, 0.2) is 54.6 Å². The van der Waals surface area contributed by atoms with Gasteiger partial charge in [0.25, 0.3) is 0 Å². The summed E-state index contributed by atoms with van der Waals surface area (Å²) in [5.74, 6) is 1.71. The van der Waals surface area contributed by atoms with E-state index in [1.54, 1.807) is 0 Å². The molecule has 1 saturated heterocycles. The Hall–Kier alpha value is -2.66. The average molecular weight is 403 g/mol. The Morgan fingerprint density at radius 1 is 1.03 bits per heavy atom. The number of nitrogens with zero attached hydrogens (tertiary/aromatic N) is 3. The molecule has 0 bridgehead atoms. The first-order valence-electron chi connectivity index (χ1n) is 11.2. The predicted octanol–water partition coefficient (Wildman–Crippen LogP) is 4.26. The third kappa shape index (κ3) is 3.99. The lowest BCUT2D eigenvalue weighted by Gasteiger charge is -2.36. The van der Waals surface area contributed by atoms with E-state index in [1.807, 2.05) is 18.2 Å². The monoisotopic (exact) mass is 402 g/mol. The molecule has 5 rings (SSSR count). The van der Waals surface area contributed by atoms with E-state index in [0.29, 0.717) is 18.5 Å². The van der Waals surface area contributed by atoms with Crippen LogP contribution in [-0.2, 0) is 11.3 Å². The van der Waals surface area contributed by atoms with E-state index < -0.39 is 0 Å². The topological polar surface area (TPSA) is 50.2 Å². The van der Waals surface area contributed by atoms with E-state index in [1.165, 1.54) is 18.4 Å². The predicted molar refractivity (Wildman–Crippen MR) is 119 cm³/mol. The Kier molecular flexibility index (Phi) is 5.30. The van der Waals surface area contributed by atoms with Gasteiger partial charge in [0.15, 0.2) is 0 Å². The van der Waals surface area contributed by atoms with Crippen molar-refractivity contribution in [3.05, 3.63) is 66.0 Å². The Balaban J connectivity index is 1.20. The van der Waals surface area contributed by atoms with Crippen molar-refractivity contribution in [3.8, 4) is 0 Å². The molecule has 30 heavy (non-hydrogen) atoms. The minimum absolute atomic E-state index is 0.106. The molecule has 3 aromatic rings. The lowest BCUT2D eigenvalue weighted by atomic mass is 10.00. The fourth-order valence-electron chi connectivity index (χ4n) is 4.70. The first-order chi connectivity index (χ1) is 14.7. The van der Waals surface area contributed by atoms with Gasteiger partial charge in [-0.1, -0.05) is 42.5 Å². The van der Waals surface area contributed by atoms with Crippen molar-refractivity contribution in [1.82, 2.24) is 19.8 Å². The number of benzene rings is 2. The van der Waals surface area contributed by atoms with Crippen molar-refractivity contribution in [2.75, 3.05) is 13.1 Å². The molecule has 1 aliphatic heterocycles. The van der Waals surface area contributed by atoms with Gasteiger partial charge in [-0.05, 0) is 50.3 Å². The molecule has 2 fully saturated rings. The van der Waals surface area contributed by atoms with E-state index >= 15 is 0 Å². The molecule has 0 spiro atoms. The summed E-state index contributed by atoms with van der Waals surface area (Å²) in [5.41, 5.74) is 3.43. The smallest absolute Gasteiger partial charge is 0.240 e. The van der Waals surface area contributed by atoms with Crippen molar-refractivity contribution >= 4 is 16.9 Å². The van der Waals surface area contributed by atoms with E-state index in [4.69, 9.17) is 4.98 Å². The number of hydrogen-bond donors (Lipinski definition) is 1. The minimum atomic E-state index is 0.106. The maximum Gasteiger partial charge on any atom is 0.240 e. The molecular formula is C25H30N4O. The first kappa shape index (κ1) is 19.3. The van der Waals surface area contributed by atoms with E-state index in [-0.39, 0.29) is 11.9 Å². The van der Waals surface area contributed by atoms with Gasteiger partial charge in [0.05, 0.1) is 11.0 Å². The van der Waals surface area contributed by atoms with Crippen LogP contribution in [0.2, 0.25) is 0 Å². The Labute approximate surface area is 178 Å². The van der Waals surface area contributed by atoms with Gasteiger partial charge in [-0.15, -0.1) is 0 Å². The fourth-order valence-corrected chi connectivity index (χ4v) is 4.70. The van der Waals surface area contributed by atoms with Gasteiger partial charge < -0.3 is 9.88 Å². The number of hydrogen-bond acceptors (Lipinski definition) is 3. The van der Waals surface area contributed by atoms with Crippen LogP contribution in [0.1, 0.15) is 56.0 Å². The second kappa shape index (κ2) is 8.23. The summed E-state index contributed by atoms with van der Waals surface area (Å²) in [6.07, 6.45) is 4.37. The molecule has 1 atom stereocenters. The highest BCUT2D eigenvalue weighted by Gasteiger charge is 2.30. The van der Waals surface area contributed by atoms with Gasteiger partial charge in [-0.25, -0.2) is 4.98 Å². The second-order valence-electron chi connectivity index (χ2n) is 8.78. The number of para-hydroxylation sites is 2. The number of rotatable bonds is 6. The summed E-state index contributed by atoms with van der Waals surface area (Å²) in [6.45, 7) is 4.68. The van der Waals surface area contributed by atoms with Crippen molar-refractivity contribution in [2.45, 2.75) is 57.2 Å². The SMILES string of the molecule is CC(c1ccccc1)N1CCC(NC(=O)Cn2c(C3CC3)nc3ccccc32)CC1. The standard InChI is InChI=1S/C25H30N4O/c1-18(19-7-3-2-4-8-19)28-15-13-21(14-16-28)26-24(30)17-29-23-10-6-5-9-22(23)27-25(29)20-11-12-20/h2-10,18,20-21H,11-17H2,1H3,(H,26,30). The van der Waals surface area contributed by atoms with Crippen LogP contribution in [0.3, 0.4) is 0 Å². The van der Waals surface area contributed by atoms with Crippen LogP contribution in [0.5, 0.6) is 0 Å². The highest BCUT2D eigenvalue weighted by molar-refractivity contribution is 5.81. The average Bonchev–Trinajstić information content (AvgIpc) is 3.57. The molecule has 1 unspecified atom stereocenters. The van der Waals surface area contributed by atoms with E-state index in [9.17, 15) is 4.79 Å². The van der Waals surface area contributed by atoms with Gasteiger partial charge in [-0.3, -0.25) is 9.69 Å². The number of carbonyl (C=O) groups excluding carboxylic acids is 1. The van der Waals surface area contributed by atoms with E-state index in [0.717, 1.165) is 42.8 Å². The van der Waals surface area contributed by atoms with Gasteiger partial charge >= 0.3 is 0 Å². The highest BCUT2D eigenvalue weighted by atomic mass is 16.2. The van der Waals surface area contributed by atoms with Crippen LogP contribution >= 0.6 is 0 Å². The number of imidazole rings is 1. The number of amides is 1. The maximum atomic E-state index is 12.9. The maximum absolute atomic E-state index is 12.9. The lowest BCUT2D eigenvalue weighted by molar-refractivity contribution is -0.122. The fraction of sp³-hybridized carbons (Fsp3) is 0.440. The number of carbonyl (C=O) groups is 1. The van der Waals surface area contributed by atoms with Crippen molar-refractivity contribution in [2.24, 2.45) is 0 Å². The van der Waals surface area contributed by atoms with Crippen LogP contribution in [0.4, 0.5) is 0 Å². The summed E-state index contributed by atoms with van der Waals surface area (Å²) in [6, 6.07) is 19.5. The molecule has 2 aromatic carbocycles. The van der Waals surface area contributed by atoms with Crippen molar-refractivity contribution < 1.29 is 4.79 Å². The molecule has 5 nitrogen and oxygen atoms in total. The van der Waals surface area contributed by atoms with Gasteiger partial charge in [0.2, 0.25) is 5.91 Å². The van der Waals surface area contributed by atoms with Crippen LogP contribution in [0.25, 0.3) is 11.0 Å². The number of likely N-dealkylation sites (tertiary alicyclic amines) is 1. The zero-order chi connectivity index (χ0) is 20.5. The largest absolute Gasteiger partial charge is 0.352 e. The van der Waals surface area contributed by atoms with Crippen LogP contribution in [-0.4, -0.2) is 39.5 Å². The number of nitrogens with one attached hydrogen (secondary N) is 1. The van der Waals surface area contributed by atoms with E-state index in [2.05, 4.69) is 58.1 Å². The molecule has 1 aliphatic carbocycles. The van der Waals surface area contributed by atoms with Gasteiger partial charge in [0.1, 0.15) is 12.4 Å². The highest BCUT2D eigenvalue weighted by Crippen LogP contribution is 2.40. The summed E-state index contributed by atoms with van der Waals surface area (Å²) in [7, 11) is 0. The third-order valence-corrected chi connectivity index (χ3v) is 6.65. The van der Waals surface area contributed by atoms with Gasteiger partial charge in [-0.2, -0.15) is 0 Å². The summed E-state index contributed by atoms with van der Waals surface area (Å²) in [5, 5.41) is 3.29. The zero-order valence-corrected chi connectivity index (χ0v) is 17.6. The molecule has 2 heterocycles. The molecule has 1 aromatic heterocycles. The Bertz CT molecular complexity index is 1020. The zero-order valence-electron chi connectivity index (χ0n) is 17.6. The number of fused-ring (bicyclic) bond motifs is 1. The lowest BCUT2D eigenvalue weighted by Crippen LogP contribution is -2.46. The summed E-state index contributed by atoms with van der Waals surface area (Å²) < 4.78 is 2.13. The van der Waals surface area contributed by atoms with Crippen molar-refractivity contribution in [3.63, 3.8) is 0 Å². The van der Waals surface area contributed by atoms with Crippen LogP contribution in [0, 0.1) is 0 Å². The Morgan fingerprint density at radius 3 is 2.47 bits per heavy atom. The minimum Gasteiger partial charge on any atom is -0.352 e. The first-order valence-corrected chi connectivity index (χ1v) is 11.2. The molecule has 2 aliphatic rings. The molecular weight excluding hydrogens is 372 g/mol. The summed E-state index contributed by atoms with van der Waals surface area (Å²) in [4.78, 5) is 20.2. The molecule has 1 N–H and O–H groups in total. The summed E-state index contributed by atoms with van der Waals surface area (Å²) >= 11 is 0. The number of aromatic nitrogens is 2. The van der Waals surface area contributed by atoms with Crippen LogP contribution < -0.4 is 5.32 Å². The normalized spacial score (nSPS) is 19.1.